The zero-order valence-electron chi connectivity index (χ0n) is 26.5. The Morgan fingerprint density at radius 2 is 1.04 bits per heavy atom. The number of nitrogens with zero attached hydrogens (tertiary/aromatic N) is 4. The molecule has 0 fully saturated rings. The van der Waals surface area contributed by atoms with Gasteiger partial charge >= 0.3 is 0 Å². The molecule has 46 heavy (non-hydrogen) atoms. The third kappa shape index (κ3) is 10.2. The Morgan fingerprint density at radius 1 is 0.652 bits per heavy atom. The Morgan fingerprint density at radius 3 is 1.41 bits per heavy atom. The molecule has 4 rings (SSSR count). The topological polar surface area (TPSA) is 142 Å². The number of nitrogens with one attached hydrogen (secondary N) is 2. The average Bonchev–Trinajstić information content (AvgIpc) is 3.63. The van der Waals surface area contributed by atoms with Crippen LogP contribution in [0, 0.1) is 0 Å². The number of carbonyl (C=O) groups excluding carboxylic acids is 4. The molecule has 12 nitrogen and oxygen atoms in total. The fourth-order valence-corrected chi connectivity index (χ4v) is 7.02. The maximum atomic E-state index is 12.1. The summed E-state index contributed by atoms with van der Waals surface area (Å²) in [6.45, 7) is 6.91. The smallest absolute Gasteiger partial charge is 0.241 e. The highest BCUT2D eigenvalue weighted by atomic mass is 32.2. The van der Waals surface area contributed by atoms with E-state index in [9.17, 15) is 19.2 Å². The van der Waals surface area contributed by atoms with Gasteiger partial charge in [-0.15, -0.1) is 10.2 Å². The number of amides is 4. The molecule has 2 N–H and O–H groups in total. The third-order valence-electron chi connectivity index (χ3n) is 6.86. The van der Waals surface area contributed by atoms with E-state index in [1.165, 1.54) is 61.2 Å². The first kappa shape index (κ1) is 34.8. The van der Waals surface area contributed by atoms with Crippen molar-refractivity contribution < 1.29 is 28.7 Å². The lowest BCUT2D eigenvalue weighted by Crippen LogP contribution is -2.25. The zero-order chi connectivity index (χ0) is 33.1. The van der Waals surface area contributed by atoms with Crippen molar-refractivity contribution in [3.63, 3.8) is 0 Å². The quantitative estimate of drug-likeness (QED) is 0.267. The SMILES string of the molecule is CC(=O)NC1=NN(C(C)=O)C(c2cccc(OCCCCCCCCOc3cccc(C4SC(NC(C)=O)=NN4C(C)=O)c3)c2)S1. The lowest BCUT2D eigenvalue weighted by Gasteiger charge is -2.20. The molecule has 0 spiro atoms. The Bertz CT molecular complexity index is 1380. The second kappa shape index (κ2) is 17.0. The molecule has 246 valence electrons. The number of unbranched alkanes of at least 4 members (excludes halogenated alkanes) is 5. The number of benzene rings is 2. The molecule has 14 heteroatoms. The zero-order valence-corrected chi connectivity index (χ0v) is 28.1. The van der Waals surface area contributed by atoms with Crippen LogP contribution in [0.2, 0.25) is 0 Å². The first-order chi connectivity index (χ1) is 22.1. The summed E-state index contributed by atoms with van der Waals surface area (Å²) in [6, 6.07) is 15.3. The molecule has 4 amide bonds. The van der Waals surface area contributed by atoms with E-state index in [2.05, 4.69) is 20.8 Å². The van der Waals surface area contributed by atoms with Gasteiger partial charge in [0.05, 0.1) is 13.2 Å². The van der Waals surface area contributed by atoms with Crippen LogP contribution in [0.3, 0.4) is 0 Å². The van der Waals surface area contributed by atoms with Gasteiger partial charge in [-0.05, 0) is 48.2 Å². The van der Waals surface area contributed by atoms with Gasteiger partial charge in [-0.3, -0.25) is 19.2 Å². The predicted octanol–water partition coefficient (Wildman–Crippen LogP) is 5.49. The molecule has 0 radical (unpaired) electrons. The number of hydrogen-bond donors (Lipinski definition) is 2. The molecule has 2 aromatic carbocycles. The molecule has 2 atom stereocenters. The van der Waals surface area contributed by atoms with Gasteiger partial charge in [-0.25, -0.2) is 10.0 Å². The van der Waals surface area contributed by atoms with Crippen LogP contribution in [0.15, 0.2) is 58.7 Å². The molecule has 2 aliphatic rings. The van der Waals surface area contributed by atoms with Crippen LogP contribution in [-0.2, 0) is 19.2 Å². The number of hydrogen-bond acceptors (Lipinski definition) is 10. The van der Waals surface area contributed by atoms with Gasteiger partial charge in [0.15, 0.2) is 10.3 Å². The second-order valence-corrected chi connectivity index (χ2v) is 12.9. The summed E-state index contributed by atoms with van der Waals surface area (Å²) < 4.78 is 12.0. The Kier molecular flexibility index (Phi) is 12.9. The lowest BCUT2D eigenvalue weighted by molar-refractivity contribution is -0.130. The molecule has 2 unspecified atom stereocenters. The van der Waals surface area contributed by atoms with E-state index in [-0.39, 0.29) is 34.4 Å². The largest absolute Gasteiger partial charge is 0.494 e. The first-order valence-electron chi connectivity index (χ1n) is 15.2. The Labute approximate surface area is 277 Å². The molecular formula is C32H40N6O6S2. The van der Waals surface area contributed by atoms with E-state index in [1.54, 1.807) is 0 Å². The molecule has 2 heterocycles. The van der Waals surface area contributed by atoms with E-state index in [4.69, 9.17) is 9.47 Å². The van der Waals surface area contributed by atoms with Gasteiger partial charge in [0, 0.05) is 27.7 Å². The molecule has 0 bridgehead atoms. The van der Waals surface area contributed by atoms with Gasteiger partial charge in [-0.2, -0.15) is 0 Å². The van der Waals surface area contributed by atoms with Crippen LogP contribution in [-0.4, -0.2) is 57.2 Å². The van der Waals surface area contributed by atoms with Crippen molar-refractivity contribution in [3.05, 3.63) is 59.7 Å². The summed E-state index contributed by atoms with van der Waals surface area (Å²) in [4.78, 5) is 47.1. The maximum absolute atomic E-state index is 12.1. The maximum Gasteiger partial charge on any atom is 0.241 e. The van der Waals surface area contributed by atoms with E-state index >= 15 is 0 Å². The van der Waals surface area contributed by atoms with Crippen molar-refractivity contribution in [1.82, 2.24) is 20.7 Å². The first-order valence-corrected chi connectivity index (χ1v) is 17.0. The fourth-order valence-electron chi connectivity index (χ4n) is 4.77. The molecule has 2 aromatic rings. The van der Waals surface area contributed by atoms with E-state index in [1.807, 2.05) is 48.5 Å². The number of rotatable bonds is 13. The minimum atomic E-state index is -0.363. The number of carbonyl (C=O) groups is 4. The Balaban J connectivity index is 1.11. The van der Waals surface area contributed by atoms with Crippen molar-refractivity contribution in [1.29, 1.82) is 0 Å². The van der Waals surface area contributed by atoms with Crippen LogP contribution < -0.4 is 20.1 Å². The van der Waals surface area contributed by atoms with Gasteiger partial charge < -0.3 is 20.1 Å². The van der Waals surface area contributed by atoms with E-state index in [0.717, 1.165) is 61.2 Å². The van der Waals surface area contributed by atoms with E-state index in [0.29, 0.717) is 23.5 Å². The number of hydrazone groups is 2. The molecule has 0 aliphatic carbocycles. The fraction of sp³-hybridized carbons (Fsp3) is 0.438. The summed E-state index contributed by atoms with van der Waals surface area (Å²) in [5, 5.41) is 16.6. The van der Waals surface area contributed by atoms with Gasteiger partial charge in [0.25, 0.3) is 0 Å². The Hall–Kier alpha value is -4.04. The second-order valence-electron chi connectivity index (χ2n) is 10.8. The van der Waals surface area contributed by atoms with Crippen LogP contribution in [0.25, 0.3) is 0 Å². The molecular weight excluding hydrogens is 629 g/mol. The van der Waals surface area contributed by atoms with E-state index < -0.39 is 0 Å². The van der Waals surface area contributed by atoms with Gasteiger partial charge in [0.2, 0.25) is 23.6 Å². The van der Waals surface area contributed by atoms with Crippen LogP contribution >= 0.6 is 23.5 Å². The predicted molar refractivity (Wildman–Crippen MR) is 180 cm³/mol. The molecule has 0 saturated carbocycles. The highest BCUT2D eigenvalue weighted by Gasteiger charge is 2.33. The number of thioether (sulfide) groups is 2. The minimum absolute atomic E-state index is 0.208. The molecule has 0 saturated heterocycles. The summed E-state index contributed by atoms with van der Waals surface area (Å²) in [5.74, 6) is 0.581. The molecule has 2 aliphatic heterocycles. The average molecular weight is 669 g/mol. The van der Waals surface area contributed by atoms with Crippen molar-refractivity contribution in [3.8, 4) is 11.5 Å². The third-order valence-corrected chi connectivity index (χ3v) is 9.07. The van der Waals surface area contributed by atoms with Crippen molar-refractivity contribution >= 4 is 57.5 Å². The summed E-state index contributed by atoms with van der Waals surface area (Å²) in [5.41, 5.74) is 1.74. The summed E-state index contributed by atoms with van der Waals surface area (Å²) >= 11 is 2.63. The number of ether oxygens (including phenoxy) is 2. The normalized spacial score (nSPS) is 17.3. The van der Waals surface area contributed by atoms with Gasteiger partial charge in [-0.1, -0.05) is 73.5 Å². The highest BCUT2D eigenvalue weighted by molar-refractivity contribution is 8.14. The lowest BCUT2D eigenvalue weighted by atomic mass is 10.1. The van der Waals surface area contributed by atoms with Gasteiger partial charge in [0.1, 0.15) is 22.2 Å². The standard InChI is InChI=1S/C32H40N6O6S2/c1-21(39)33-31-35-37(23(3)41)29(45-31)25-13-11-15-27(19-25)43-17-9-7-5-6-8-10-18-44-28-16-12-14-26(20-28)30-38(24(4)42)36-32(46-30)34-22(2)40/h11-16,19-20,29-30H,5-10,17-18H2,1-4H3,(H,33,35,39)(H,34,36,40). The van der Waals surface area contributed by atoms with Crippen LogP contribution in [0.4, 0.5) is 0 Å². The summed E-state index contributed by atoms with van der Waals surface area (Å²) in [7, 11) is 0. The van der Waals surface area contributed by atoms with Crippen molar-refractivity contribution in [2.24, 2.45) is 10.2 Å². The number of amidine groups is 2. The van der Waals surface area contributed by atoms with Crippen LogP contribution in [0.5, 0.6) is 11.5 Å². The minimum Gasteiger partial charge on any atom is -0.494 e. The summed E-state index contributed by atoms with van der Waals surface area (Å²) in [6.07, 6.45) is 6.19. The monoisotopic (exact) mass is 668 g/mol. The van der Waals surface area contributed by atoms with Crippen LogP contribution in [0.1, 0.15) is 88.1 Å². The van der Waals surface area contributed by atoms with Crippen molar-refractivity contribution in [2.75, 3.05) is 13.2 Å². The van der Waals surface area contributed by atoms with Crippen molar-refractivity contribution in [2.45, 2.75) is 77.0 Å². The highest BCUT2D eigenvalue weighted by Crippen LogP contribution is 2.40. The molecule has 0 aromatic heterocycles.